The van der Waals surface area contributed by atoms with Gasteiger partial charge in [0.15, 0.2) is 5.89 Å². The fraction of sp³-hybridized carbons (Fsp3) is 0.700. The quantitative estimate of drug-likeness (QED) is 0.753. The van der Waals surface area contributed by atoms with E-state index in [1.807, 2.05) is 18.7 Å². The van der Waals surface area contributed by atoms with Crippen molar-refractivity contribution in [3.63, 3.8) is 0 Å². The van der Waals surface area contributed by atoms with Crippen LogP contribution in [0.4, 0.5) is 0 Å². The molecule has 1 atom stereocenters. The van der Waals surface area contributed by atoms with Gasteiger partial charge >= 0.3 is 0 Å². The van der Waals surface area contributed by atoms with Gasteiger partial charge in [-0.25, -0.2) is 4.98 Å². The van der Waals surface area contributed by atoms with Crippen LogP contribution in [0.25, 0.3) is 0 Å². The molecule has 1 amide bonds. The van der Waals surface area contributed by atoms with E-state index in [0.29, 0.717) is 5.92 Å². The Hall–Kier alpha value is -1.58. The van der Waals surface area contributed by atoms with E-state index in [1.165, 1.54) is 0 Å². The molecule has 0 aromatic carbocycles. The van der Waals surface area contributed by atoms with Gasteiger partial charge < -0.3 is 9.32 Å². The molecule has 134 valence electrons. The van der Waals surface area contributed by atoms with Crippen molar-refractivity contribution in [2.45, 2.75) is 65.7 Å². The van der Waals surface area contributed by atoms with Crippen LogP contribution in [0.5, 0.6) is 0 Å². The largest absolute Gasteiger partial charge is 0.449 e. The van der Waals surface area contributed by atoms with Crippen LogP contribution in [0.1, 0.15) is 65.5 Å². The summed E-state index contributed by atoms with van der Waals surface area (Å²) in [5, 5.41) is 0. The fourth-order valence-corrected chi connectivity index (χ4v) is 3.28. The third-order valence-electron chi connectivity index (χ3n) is 4.79. The lowest BCUT2D eigenvalue weighted by Crippen LogP contribution is -2.41. The van der Waals surface area contributed by atoms with Crippen molar-refractivity contribution < 1.29 is 9.21 Å². The van der Waals surface area contributed by atoms with Gasteiger partial charge in [-0.2, -0.15) is 0 Å². The molecule has 0 unspecified atom stereocenters. The summed E-state index contributed by atoms with van der Waals surface area (Å²) >= 11 is 0. The Kier molecular flexibility index (Phi) is 5.89. The van der Waals surface area contributed by atoms with Crippen molar-refractivity contribution in [3.05, 3.63) is 30.0 Å². The third-order valence-corrected chi connectivity index (χ3v) is 4.79. The van der Waals surface area contributed by atoms with Crippen LogP contribution in [-0.4, -0.2) is 28.9 Å². The normalized spacial score (nSPS) is 17.8. The fourth-order valence-electron chi connectivity index (χ4n) is 3.28. The molecule has 1 saturated heterocycles. The highest BCUT2D eigenvalue weighted by atomic mass is 16.3. The number of nitrogens with zero attached hydrogens (tertiary/aromatic N) is 2. The Balaban J connectivity index is 1.83. The molecule has 1 aliphatic heterocycles. The first kappa shape index (κ1) is 18.8. The summed E-state index contributed by atoms with van der Waals surface area (Å²) in [6, 6.07) is 0. The highest BCUT2D eigenvalue weighted by Gasteiger charge is 2.27. The molecule has 2 rings (SSSR count). The molecule has 4 nitrogen and oxygen atoms in total. The second-order valence-electron chi connectivity index (χ2n) is 8.41. The maximum atomic E-state index is 12.5. The van der Waals surface area contributed by atoms with Crippen molar-refractivity contribution in [1.29, 1.82) is 0 Å². The monoisotopic (exact) mass is 332 g/mol. The van der Waals surface area contributed by atoms with E-state index in [9.17, 15) is 4.79 Å². The molecular weight excluding hydrogens is 300 g/mol. The molecule has 1 fully saturated rings. The van der Waals surface area contributed by atoms with Crippen molar-refractivity contribution in [3.8, 4) is 0 Å². The zero-order valence-corrected chi connectivity index (χ0v) is 15.9. The standard InChI is InChI=1S/C20H32N2O2/c1-14(2)11-15(3)19(23)22-9-7-16(8-10-22)12-18-21-17(13-24-18)20(4,5)6/h13,15-16H,1,7-12H2,2-6H3/t15-/m1/s1. The first-order valence-corrected chi connectivity index (χ1v) is 9.05. The number of amides is 1. The zero-order chi connectivity index (χ0) is 17.9. The lowest BCUT2D eigenvalue weighted by atomic mass is 9.91. The van der Waals surface area contributed by atoms with Crippen LogP contribution in [0, 0.1) is 11.8 Å². The number of likely N-dealkylation sites (tertiary alicyclic amines) is 1. The van der Waals surface area contributed by atoms with Gasteiger partial charge in [0.1, 0.15) is 6.26 Å². The van der Waals surface area contributed by atoms with Gasteiger partial charge in [-0.15, -0.1) is 6.58 Å². The van der Waals surface area contributed by atoms with Gasteiger partial charge in [0.2, 0.25) is 5.91 Å². The Labute approximate surface area is 146 Å². The smallest absolute Gasteiger partial charge is 0.225 e. The lowest BCUT2D eigenvalue weighted by Gasteiger charge is -2.33. The molecular formula is C20H32N2O2. The number of piperidine rings is 1. The van der Waals surface area contributed by atoms with E-state index < -0.39 is 0 Å². The van der Waals surface area contributed by atoms with Crippen LogP contribution in [0.2, 0.25) is 0 Å². The van der Waals surface area contributed by atoms with E-state index in [0.717, 1.165) is 55.9 Å². The van der Waals surface area contributed by atoms with Crippen molar-refractivity contribution >= 4 is 5.91 Å². The summed E-state index contributed by atoms with van der Waals surface area (Å²) < 4.78 is 5.65. The zero-order valence-electron chi connectivity index (χ0n) is 15.9. The third kappa shape index (κ3) is 4.96. The molecule has 1 aromatic rings. The minimum atomic E-state index is 0.0248. The molecule has 4 heteroatoms. The van der Waals surface area contributed by atoms with Gasteiger partial charge in [0.05, 0.1) is 5.69 Å². The summed E-state index contributed by atoms with van der Waals surface area (Å²) in [5.41, 5.74) is 2.11. The summed E-state index contributed by atoms with van der Waals surface area (Å²) in [4.78, 5) is 19.1. The van der Waals surface area contributed by atoms with Crippen molar-refractivity contribution in [1.82, 2.24) is 9.88 Å². The minimum absolute atomic E-state index is 0.0248. The van der Waals surface area contributed by atoms with E-state index in [2.05, 4.69) is 32.3 Å². The highest BCUT2D eigenvalue weighted by molar-refractivity contribution is 5.78. The molecule has 0 aliphatic carbocycles. The highest BCUT2D eigenvalue weighted by Crippen LogP contribution is 2.26. The molecule has 2 heterocycles. The number of carbonyl (C=O) groups is 1. The number of rotatable bonds is 5. The molecule has 0 bridgehead atoms. The number of hydrogen-bond acceptors (Lipinski definition) is 3. The Bertz CT molecular complexity index is 575. The Morgan fingerprint density at radius 3 is 2.54 bits per heavy atom. The van der Waals surface area contributed by atoms with Gasteiger partial charge in [0.25, 0.3) is 0 Å². The maximum absolute atomic E-state index is 12.5. The van der Waals surface area contributed by atoms with Crippen LogP contribution >= 0.6 is 0 Å². The summed E-state index contributed by atoms with van der Waals surface area (Å²) in [7, 11) is 0. The van der Waals surface area contributed by atoms with Crippen molar-refractivity contribution in [2.75, 3.05) is 13.1 Å². The first-order chi connectivity index (χ1) is 11.2. The Morgan fingerprint density at radius 2 is 2.04 bits per heavy atom. The number of aromatic nitrogens is 1. The molecule has 1 aromatic heterocycles. The second-order valence-corrected chi connectivity index (χ2v) is 8.41. The van der Waals surface area contributed by atoms with E-state index in [4.69, 9.17) is 4.42 Å². The van der Waals surface area contributed by atoms with E-state index in [-0.39, 0.29) is 17.2 Å². The van der Waals surface area contributed by atoms with Crippen molar-refractivity contribution in [2.24, 2.45) is 11.8 Å². The van der Waals surface area contributed by atoms with Crippen LogP contribution in [0.3, 0.4) is 0 Å². The second kappa shape index (κ2) is 7.54. The average molecular weight is 332 g/mol. The predicted molar refractivity (Wildman–Crippen MR) is 96.8 cm³/mol. The number of hydrogen-bond donors (Lipinski definition) is 0. The Morgan fingerprint density at radius 1 is 1.42 bits per heavy atom. The minimum Gasteiger partial charge on any atom is -0.449 e. The van der Waals surface area contributed by atoms with Gasteiger partial charge in [0, 0.05) is 30.8 Å². The van der Waals surface area contributed by atoms with E-state index in [1.54, 1.807) is 6.26 Å². The topological polar surface area (TPSA) is 46.3 Å². The average Bonchev–Trinajstić information content (AvgIpc) is 2.95. The summed E-state index contributed by atoms with van der Waals surface area (Å²) in [5.74, 6) is 1.69. The molecule has 1 aliphatic rings. The molecule has 24 heavy (non-hydrogen) atoms. The van der Waals surface area contributed by atoms with Gasteiger partial charge in [-0.05, 0) is 32.1 Å². The SMILES string of the molecule is C=C(C)C[C@@H](C)C(=O)N1CCC(Cc2nc(C(C)(C)C)co2)CC1. The molecule has 0 saturated carbocycles. The summed E-state index contributed by atoms with van der Waals surface area (Å²) in [6.07, 6.45) is 5.49. The lowest BCUT2D eigenvalue weighted by molar-refractivity contribution is -0.136. The van der Waals surface area contributed by atoms with Crippen LogP contribution in [-0.2, 0) is 16.6 Å². The van der Waals surface area contributed by atoms with Gasteiger partial charge in [-0.1, -0.05) is 33.3 Å². The predicted octanol–water partition coefficient (Wildman–Crippen LogP) is 4.36. The molecule has 0 N–H and O–H groups in total. The number of carbonyl (C=O) groups excluding carboxylic acids is 1. The van der Waals surface area contributed by atoms with Crippen LogP contribution in [0.15, 0.2) is 22.8 Å². The number of allylic oxidation sites excluding steroid dienone is 1. The summed E-state index contributed by atoms with van der Waals surface area (Å²) in [6.45, 7) is 16.0. The van der Waals surface area contributed by atoms with E-state index >= 15 is 0 Å². The molecule has 0 radical (unpaired) electrons. The molecule has 0 spiro atoms. The first-order valence-electron chi connectivity index (χ1n) is 9.05. The number of oxazole rings is 1. The maximum Gasteiger partial charge on any atom is 0.225 e. The van der Waals surface area contributed by atoms with Crippen LogP contribution < -0.4 is 0 Å². The van der Waals surface area contributed by atoms with Gasteiger partial charge in [-0.3, -0.25) is 4.79 Å².